The summed E-state index contributed by atoms with van der Waals surface area (Å²) in [5, 5.41) is 0.841. The molecule has 0 aliphatic rings. The fourth-order valence-corrected chi connectivity index (χ4v) is 1.79. The molecule has 1 amide bonds. The molecule has 0 bridgehead atoms. The zero-order chi connectivity index (χ0) is 10.0. The summed E-state index contributed by atoms with van der Waals surface area (Å²) in [5.41, 5.74) is 6.08. The number of nitrogens with zero attached hydrogens (tertiary/aromatic N) is 2. The highest BCUT2D eigenvalue weighted by Gasteiger charge is 2.09. The maximum absolute atomic E-state index is 10.6. The van der Waals surface area contributed by atoms with Crippen LogP contribution in [0.15, 0.2) is 0 Å². The van der Waals surface area contributed by atoms with E-state index in [-0.39, 0.29) is 12.5 Å². The first-order chi connectivity index (χ1) is 6.00. The van der Waals surface area contributed by atoms with Crippen LogP contribution in [0, 0.1) is 13.8 Å². The predicted molar refractivity (Wildman–Crippen MR) is 54.1 cm³/mol. The second-order valence-corrected chi connectivity index (χ2v) is 4.14. The molecule has 13 heavy (non-hydrogen) atoms. The van der Waals surface area contributed by atoms with Crippen molar-refractivity contribution in [2.45, 2.75) is 13.8 Å². The van der Waals surface area contributed by atoms with Gasteiger partial charge in [0.25, 0.3) is 0 Å². The monoisotopic (exact) mass is 199 g/mol. The van der Waals surface area contributed by atoms with Crippen molar-refractivity contribution in [2.24, 2.45) is 5.73 Å². The van der Waals surface area contributed by atoms with Gasteiger partial charge in [0.15, 0.2) is 5.13 Å². The minimum absolute atomic E-state index is 0.215. The van der Waals surface area contributed by atoms with Gasteiger partial charge in [0.05, 0.1) is 12.2 Å². The van der Waals surface area contributed by atoms with Gasteiger partial charge in [-0.25, -0.2) is 4.98 Å². The first-order valence-corrected chi connectivity index (χ1v) is 4.76. The molecule has 0 radical (unpaired) electrons. The molecule has 4 nitrogen and oxygen atoms in total. The molecule has 0 saturated carbocycles. The summed E-state index contributed by atoms with van der Waals surface area (Å²) in [6.45, 7) is 4.18. The van der Waals surface area contributed by atoms with Gasteiger partial charge in [0.1, 0.15) is 0 Å². The predicted octanol–water partition coefficient (Wildman–Crippen LogP) is 0.681. The van der Waals surface area contributed by atoms with Crippen LogP contribution < -0.4 is 10.6 Å². The Hall–Kier alpha value is -1.10. The Balaban J connectivity index is 2.77. The summed E-state index contributed by atoms with van der Waals surface area (Å²) >= 11 is 1.57. The van der Waals surface area contributed by atoms with Crippen molar-refractivity contribution in [2.75, 3.05) is 18.5 Å². The Morgan fingerprint density at radius 1 is 1.62 bits per heavy atom. The van der Waals surface area contributed by atoms with E-state index in [9.17, 15) is 4.79 Å². The van der Waals surface area contributed by atoms with E-state index in [2.05, 4.69) is 4.98 Å². The maximum Gasteiger partial charge on any atom is 0.237 e. The zero-order valence-corrected chi connectivity index (χ0v) is 8.81. The highest BCUT2D eigenvalue weighted by molar-refractivity contribution is 7.15. The average Bonchev–Trinajstić information content (AvgIpc) is 2.31. The lowest BCUT2D eigenvalue weighted by Crippen LogP contribution is -2.30. The van der Waals surface area contributed by atoms with Gasteiger partial charge in [-0.05, 0) is 13.8 Å². The van der Waals surface area contributed by atoms with Gasteiger partial charge in [0.2, 0.25) is 5.91 Å². The summed E-state index contributed by atoms with van der Waals surface area (Å²) in [5.74, 6) is -0.340. The van der Waals surface area contributed by atoms with Crippen LogP contribution in [-0.2, 0) is 4.79 Å². The lowest BCUT2D eigenvalue weighted by Gasteiger charge is -2.12. The second kappa shape index (κ2) is 3.74. The van der Waals surface area contributed by atoms with Crippen molar-refractivity contribution >= 4 is 22.4 Å². The van der Waals surface area contributed by atoms with Gasteiger partial charge in [0, 0.05) is 11.9 Å². The van der Waals surface area contributed by atoms with Crippen LogP contribution in [0.5, 0.6) is 0 Å². The van der Waals surface area contributed by atoms with Crippen LogP contribution in [-0.4, -0.2) is 24.5 Å². The number of hydrogen-bond donors (Lipinski definition) is 1. The molecule has 72 valence electrons. The van der Waals surface area contributed by atoms with Crippen LogP contribution in [0.2, 0.25) is 0 Å². The standard InChI is InChI=1S/C8H13N3OS/c1-5-6(2)13-8(10-5)11(3)4-7(9)12/h4H2,1-3H3,(H2,9,12). The van der Waals surface area contributed by atoms with Crippen LogP contribution in [0.3, 0.4) is 0 Å². The normalized spacial score (nSPS) is 10.1. The second-order valence-electron chi connectivity index (χ2n) is 2.96. The van der Waals surface area contributed by atoms with Gasteiger partial charge in [-0.1, -0.05) is 0 Å². The molecule has 0 aliphatic carbocycles. The number of hydrogen-bond acceptors (Lipinski definition) is 4. The SMILES string of the molecule is Cc1nc(N(C)CC(N)=O)sc1C. The van der Waals surface area contributed by atoms with E-state index in [4.69, 9.17) is 5.73 Å². The van der Waals surface area contributed by atoms with Crippen molar-refractivity contribution in [1.82, 2.24) is 4.98 Å². The van der Waals surface area contributed by atoms with E-state index >= 15 is 0 Å². The summed E-state index contributed by atoms with van der Waals surface area (Å²) in [4.78, 5) is 17.9. The lowest BCUT2D eigenvalue weighted by molar-refractivity contribution is -0.116. The van der Waals surface area contributed by atoms with E-state index in [0.29, 0.717) is 0 Å². The smallest absolute Gasteiger partial charge is 0.237 e. The van der Waals surface area contributed by atoms with Crippen molar-refractivity contribution in [3.63, 3.8) is 0 Å². The lowest BCUT2D eigenvalue weighted by atomic mass is 10.4. The summed E-state index contributed by atoms with van der Waals surface area (Å²) in [6, 6.07) is 0. The first-order valence-electron chi connectivity index (χ1n) is 3.94. The molecule has 0 aliphatic heterocycles. The third-order valence-electron chi connectivity index (χ3n) is 1.74. The molecule has 1 aromatic rings. The van der Waals surface area contributed by atoms with Crippen LogP contribution >= 0.6 is 11.3 Å². The Morgan fingerprint density at radius 2 is 2.23 bits per heavy atom. The molecule has 0 aromatic carbocycles. The van der Waals surface area contributed by atoms with E-state index in [1.165, 1.54) is 4.88 Å². The van der Waals surface area contributed by atoms with Gasteiger partial charge < -0.3 is 10.6 Å². The molecule has 2 N–H and O–H groups in total. The van der Waals surface area contributed by atoms with Crippen molar-refractivity contribution in [3.05, 3.63) is 10.6 Å². The van der Waals surface area contributed by atoms with Crippen molar-refractivity contribution < 1.29 is 4.79 Å². The highest BCUT2D eigenvalue weighted by Crippen LogP contribution is 2.23. The Bertz CT molecular complexity index is 302. The molecule has 0 spiro atoms. The highest BCUT2D eigenvalue weighted by atomic mass is 32.1. The minimum Gasteiger partial charge on any atom is -0.368 e. The van der Waals surface area contributed by atoms with Crippen molar-refractivity contribution in [1.29, 1.82) is 0 Å². The first kappa shape index (κ1) is 9.98. The number of carbonyl (C=O) groups excluding carboxylic acids is 1. The zero-order valence-electron chi connectivity index (χ0n) is 8.00. The molecule has 1 heterocycles. The Morgan fingerprint density at radius 3 is 2.62 bits per heavy atom. The van der Waals surface area contributed by atoms with Crippen LogP contribution in [0.1, 0.15) is 10.6 Å². The Labute approximate surface area is 81.4 Å². The van der Waals surface area contributed by atoms with Gasteiger partial charge in [-0.2, -0.15) is 0 Å². The van der Waals surface area contributed by atoms with Gasteiger partial charge >= 0.3 is 0 Å². The quantitative estimate of drug-likeness (QED) is 0.778. The number of aryl methyl sites for hydroxylation is 2. The van der Waals surface area contributed by atoms with E-state index in [1.54, 1.807) is 16.2 Å². The van der Waals surface area contributed by atoms with Gasteiger partial charge in [-0.3, -0.25) is 4.79 Å². The largest absolute Gasteiger partial charge is 0.368 e. The average molecular weight is 199 g/mol. The summed E-state index contributed by atoms with van der Waals surface area (Å²) < 4.78 is 0. The van der Waals surface area contributed by atoms with Crippen LogP contribution in [0.4, 0.5) is 5.13 Å². The van der Waals surface area contributed by atoms with E-state index in [0.717, 1.165) is 10.8 Å². The third-order valence-corrected chi connectivity index (χ3v) is 2.92. The maximum atomic E-state index is 10.6. The number of rotatable bonds is 3. The number of amides is 1. The molecule has 0 saturated heterocycles. The van der Waals surface area contributed by atoms with Crippen molar-refractivity contribution in [3.8, 4) is 0 Å². The van der Waals surface area contributed by atoms with E-state index < -0.39 is 0 Å². The third kappa shape index (κ3) is 2.42. The number of carbonyl (C=O) groups is 1. The number of aromatic nitrogens is 1. The summed E-state index contributed by atoms with van der Waals surface area (Å²) in [6.07, 6.45) is 0. The molecular weight excluding hydrogens is 186 g/mol. The molecule has 1 rings (SSSR count). The minimum atomic E-state index is -0.340. The number of nitrogens with two attached hydrogens (primary N) is 1. The van der Waals surface area contributed by atoms with Gasteiger partial charge in [-0.15, -0.1) is 11.3 Å². The topological polar surface area (TPSA) is 59.2 Å². The molecule has 1 aromatic heterocycles. The van der Waals surface area contributed by atoms with Crippen LogP contribution in [0.25, 0.3) is 0 Å². The fourth-order valence-electron chi connectivity index (χ4n) is 0.920. The number of anilines is 1. The number of thiazole rings is 1. The molecule has 0 unspecified atom stereocenters. The Kier molecular flexibility index (Phi) is 2.87. The molecular formula is C8H13N3OS. The van der Waals surface area contributed by atoms with E-state index in [1.807, 2.05) is 20.9 Å². The fraction of sp³-hybridized carbons (Fsp3) is 0.500. The number of primary amides is 1. The summed E-state index contributed by atoms with van der Waals surface area (Å²) in [7, 11) is 1.81. The molecule has 5 heteroatoms. The molecule has 0 fully saturated rings. The molecule has 0 atom stereocenters. The number of likely N-dealkylation sites (N-methyl/N-ethyl adjacent to an activating group) is 1.